The number of furan rings is 1. The molecule has 6 heteroatoms. The maximum absolute atomic E-state index is 12.2. The number of carbonyl (C=O) groups is 1. The molecule has 0 aromatic carbocycles. The zero-order chi connectivity index (χ0) is 17.4. The van der Waals surface area contributed by atoms with E-state index in [2.05, 4.69) is 24.1 Å². The zero-order valence-corrected chi connectivity index (χ0v) is 15.9. The monoisotopic (exact) mass is 364 g/mol. The average Bonchev–Trinajstić information content (AvgIpc) is 3.32. The third kappa shape index (κ3) is 3.36. The third-order valence-electron chi connectivity index (χ3n) is 5.96. The number of rotatable bonds is 7. The lowest BCUT2D eigenvalue weighted by Crippen LogP contribution is -2.41. The predicted octanol–water partition coefficient (Wildman–Crippen LogP) is 2.63. The lowest BCUT2D eigenvalue weighted by molar-refractivity contribution is 0.00325. The van der Waals surface area contributed by atoms with Gasteiger partial charge in [0.25, 0.3) is 5.91 Å². The number of thioether (sulfide) groups is 1. The molecule has 1 aromatic heterocycles. The summed E-state index contributed by atoms with van der Waals surface area (Å²) in [6.45, 7) is 8.51. The van der Waals surface area contributed by atoms with Crippen molar-refractivity contribution in [3.63, 3.8) is 0 Å². The van der Waals surface area contributed by atoms with Gasteiger partial charge in [0.1, 0.15) is 0 Å². The van der Waals surface area contributed by atoms with E-state index in [0.717, 1.165) is 26.1 Å². The normalized spacial score (nSPS) is 34.0. The minimum absolute atomic E-state index is 0.0488. The summed E-state index contributed by atoms with van der Waals surface area (Å²) in [5, 5.41) is 3.75. The van der Waals surface area contributed by atoms with Gasteiger partial charge in [-0.2, -0.15) is 11.8 Å². The largest absolute Gasteiger partial charge is 0.459 e. The molecule has 1 spiro atoms. The summed E-state index contributed by atoms with van der Waals surface area (Å²) in [6, 6.07) is 3.45. The van der Waals surface area contributed by atoms with Gasteiger partial charge >= 0.3 is 0 Å². The van der Waals surface area contributed by atoms with Crippen molar-refractivity contribution < 1.29 is 13.9 Å². The van der Waals surface area contributed by atoms with E-state index in [1.54, 1.807) is 12.1 Å². The molecular formula is C19H28N2O3S. The number of amides is 1. The molecule has 4 heterocycles. The van der Waals surface area contributed by atoms with E-state index in [9.17, 15) is 4.79 Å². The van der Waals surface area contributed by atoms with Gasteiger partial charge in [-0.15, -0.1) is 0 Å². The summed E-state index contributed by atoms with van der Waals surface area (Å²) in [5.74, 6) is 2.43. The van der Waals surface area contributed by atoms with Crippen molar-refractivity contribution in [1.29, 1.82) is 0 Å². The van der Waals surface area contributed by atoms with Crippen LogP contribution in [0, 0.1) is 11.8 Å². The Bertz CT molecular complexity index is 606. The van der Waals surface area contributed by atoms with Crippen LogP contribution < -0.4 is 5.32 Å². The summed E-state index contributed by atoms with van der Waals surface area (Å²) < 4.78 is 11.6. The highest BCUT2D eigenvalue weighted by molar-refractivity contribution is 7.99. The van der Waals surface area contributed by atoms with Crippen molar-refractivity contribution >= 4 is 17.7 Å². The van der Waals surface area contributed by atoms with E-state index in [0.29, 0.717) is 35.5 Å². The van der Waals surface area contributed by atoms with E-state index in [-0.39, 0.29) is 11.5 Å². The molecular weight excluding hydrogens is 336 g/mol. The number of carbonyl (C=O) groups excluding carboxylic acids is 1. The van der Waals surface area contributed by atoms with Crippen LogP contribution in [0.5, 0.6) is 0 Å². The average molecular weight is 365 g/mol. The van der Waals surface area contributed by atoms with Crippen molar-refractivity contribution in [3.8, 4) is 0 Å². The Morgan fingerprint density at radius 1 is 1.52 bits per heavy atom. The van der Waals surface area contributed by atoms with Crippen molar-refractivity contribution in [1.82, 2.24) is 10.2 Å². The molecule has 0 unspecified atom stereocenters. The topological polar surface area (TPSA) is 54.7 Å². The number of nitrogens with one attached hydrogen (secondary N) is 1. The molecule has 0 aliphatic carbocycles. The third-order valence-corrected chi connectivity index (χ3v) is 7.04. The molecule has 2 bridgehead atoms. The first kappa shape index (κ1) is 17.4. The Labute approximate surface area is 153 Å². The first-order valence-electron chi connectivity index (χ1n) is 9.41. The second-order valence-electron chi connectivity index (χ2n) is 7.87. The van der Waals surface area contributed by atoms with Gasteiger partial charge in [-0.05, 0) is 30.2 Å². The second-order valence-corrected chi connectivity index (χ2v) is 9.56. The van der Waals surface area contributed by atoms with Gasteiger partial charge < -0.3 is 14.5 Å². The lowest BCUT2D eigenvalue weighted by atomic mass is 9.73. The minimum atomic E-state index is -0.120. The van der Waals surface area contributed by atoms with Crippen LogP contribution in [0.15, 0.2) is 22.8 Å². The summed E-state index contributed by atoms with van der Waals surface area (Å²) in [4.78, 5) is 14.7. The molecule has 3 saturated heterocycles. The van der Waals surface area contributed by atoms with Gasteiger partial charge in [0.05, 0.1) is 18.0 Å². The summed E-state index contributed by atoms with van der Waals surface area (Å²) >= 11 is 2.03. The van der Waals surface area contributed by atoms with Crippen LogP contribution >= 0.6 is 11.8 Å². The van der Waals surface area contributed by atoms with Gasteiger partial charge in [-0.25, -0.2) is 0 Å². The number of fused-ring (bicyclic) bond motifs is 1. The molecule has 3 aliphatic rings. The summed E-state index contributed by atoms with van der Waals surface area (Å²) in [5.41, 5.74) is 0.0488. The Balaban J connectivity index is 1.34. The Kier molecular flexibility index (Phi) is 4.86. The van der Waals surface area contributed by atoms with E-state index in [1.807, 2.05) is 11.8 Å². The number of likely N-dealkylation sites (tertiary alicyclic amines) is 1. The Morgan fingerprint density at radius 2 is 2.40 bits per heavy atom. The van der Waals surface area contributed by atoms with Crippen LogP contribution in [0.4, 0.5) is 0 Å². The van der Waals surface area contributed by atoms with Crippen molar-refractivity contribution in [2.75, 3.05) is 31.9 Å². The maximum atomic E-state index is 12.2. The van der Waals surface area contributed by atoms with Crippen LogP contribution in [-0.2, 0) is 4.74 Å². The molecule has 0 radical (unpaired) electrons. The molecule has 4 rings (SSSR count). The summed E-state index contributed by atoms with van der Waals surface area (Å²) in [7, 11) is 0. The molecule has 25 heavy (non-hydrogen) atoms. The van der Waals surface area contributed by atoms with E-state index in [4.69, 9.17) is 9.15 Å². The highest BCUT2D eigenvalue weighted by atomic mass is 32.2. The number of nitrogens with zero attached hydrogens (tertiary/aromatic N) is 1. The molecule has 138 valence electrons. The molecule has 4 atom stereocenters. The molecule has 1 N–H and O–H groups in total. The van der Waals surface area contributed by atoms with Gasteiger partial charge in [0, 0.05) is 43.8 Å². The predicted molar refractivity (Wildman–Crippen MR) is 98.9 cm³/mol. The molecule has 3 fully saturated rings. The van der Waals surface area contributed by atoms with Crippen LogP contribution in [-0.4, -0.2) is 59.7 Å². The molecule has 1 amide bonds. The maximum Gasteiger partial charge on any atom is 0.286 e. The number of ether oxygens (including phenoxy) is 1. The van der Waals surface area contributed by atoms with Crippen molar-refractivity contribution in [3.05, 3.63) is 24.2 Å². The quantitative estimate of drug-likeness (QED) is 0.806. The second kappa shape index (κ2) is 6.97. The Morgan fingerprint density at radius 3 is 3.16 bits per heavy atom. The van der Waals surface area contributed by atoms with E-state index >= 15 is 0 Å². The fourth-order valence-electron chi connectivity index (χ4n) is 4.85. The van der Waals surface area contributed by atoms with Crippen molar-refractivity contribution in [2.45, 2.75) is 43.6 Å². The summed E-state index contributed by atoms with van der Waals surface area (Å²) in [6.07, 6.45) is 4.16. The smallest absolute Gasteiger partial charge is 0.286 e. The minimum Gasteiger partial charge on any atom is -0.459 e. The first-order valence-corrected chi connectivity index (χ1v) is 10.5. The fourth-order valence-corrected chi connectivity index (χ4v) is 5.69. The van der Waals surface area contributed by atoms with Gasteiger partial charge in [0.2, 0.25) is 0 Å². The molecule has 0 saturated carbocycles. The number of hydrogen-bond acceptors (Lipinski definition) is 5. The first-order chi connectivity index (χ1) is 12.1. The van der Waals surface area contributed by atoms with Crippen molar-refractivity contribution in [2.24, 2.45) is 11.8 Å². The Hall–Kier alpha value is -0.980. The van der Waals surface area contributed by atoms with Gasteiger partial charge in [-0.1, -0.05) is 13.8 Å². The SMILES string of the molecule is CC(C)SCCN1C[C@@H]2[C@H](CNC(=O)c3ccco3)[C@H]3CC[C@]2(C1)O3. The lowest BCUT2D eigenvalue weighted by Gasteiger charge is -2.29. The highest BCUT2D eigenvalue weighted by Crippen LogP contribution is 2.54. The molecule has 1 aromatic rings. The number of hydrogen-bond donors (Lipinski definition) is 1. The van der Waals surface area contributed by atoms with E-state index in [1.165, 1.54) is 18.4 Å². The van der Waals surface area contributed by atoms with Crippen LogP contribution in [0.25, 0.3) is 0 Å². The van der Waals surface area contributed by atoms with E-state index < -0.39 is 0 Å². The van der Waals surface area contributed by atoms with Crippen LogP contribution in [0.3, 0.4) is 0 Å². The van der Waals surface area contributed by atoms with Gasteiger partial charge in [-0.3, -0.25) is 9.69 Å². The highest BCUT2D eigenvalue weighted by Gasteiger charge is 2.62. The van der Waals surface area contributed by atoms with Crippen LogP contribution in [0.2, 0.25) is 0 Å². The molecule has 3 aliphatic heterocycles. The zero-order valence-electron chi connectivity index (χ0n) is 15.1. The van der Waals surface area contributed by atoms with Crippen LogP contribution in [0.1, 0.15) is 37.2 Å². The van der Waals surface area contributed by atoms with Gasteiger partial charge in [0.15, 0.2) is 5.76 Å². The standard InChI is InChI=1S/C19H28N2O3S/c1-13(2)25-9-7-21-11-15-14(16-5-6-19(15,12-21)24-16)10-20-18(22)17-4-3-8-23-17/h3-4,8,13-16H,5-7,9-12H2,1-2H3,(H,20,22)/t14-,15+,16+,19+/m0/s1. The molecule has 5 nitrogen and oxygen atoms in total. The fraction of sp³-hybridized carbons (Fsp3) is 0.737.